The molecule has 3 aromatic rings. The molecular weight excluding hydrogens is 400 g/mol. The first-order valence-corrected chi connectivity index (χ1v) is 10.1. The molecule has 0 aliphatic rings. The van der Waals surface area contributed by atoms with Crippen molar-refractivity contribution in [2.75, 3.05) is 17.1 Å². The maximum absolute atomic E-state index is 12.5. The number of anilines is 2. The standard InChI is InChI=1S/C20H17ClN2O4S/c1-27-18-10-8-16(9-11-18)22-20(24)14-2-12-19(13-3-14)28(25,26)23-17-6-4-15(21)5-7-17/h2-13,23H,1H3,(H,22,24). The zero-order valence-corrected chi connectivity index (χ0v) is 16.4. The monoisotopic (exact) mass is 416 g/mol. The van der Waals surface area contributed by atoms with E-state index in [0.29, 0.717) is 27.7 Å². The topological polar surface area (TPSA) is 84.5 Å². The van der Waals surface area contributed by atoms with Crippen molar-refractivity contribution in [3.8, 4) is 5.75 Å². The van der Waals surface area contributed by atoms with Crippen molar-refractivity contribution in [3.05, 3.63) is 83.4 Å². The van der Waals surface area contributed by atoms with Crippen molar-refractivity contribution >= 4 is 38.9 Å². The summed E-state index contributed by atoms with van der Waals surface area (Å²) in [7, 11) is -2.21. The number of hydrogen-bond acceptors (Lipinski definition) is 4. The fourth-order valence-electron chi connectivity index (χ4n) is 2.40. The average Bonchev–Trinajstić information content (AvgIpc) is 2.70. The normalized spacial score (nSPS) is 10.9. The molecule has 0 saturated heterocycles. The van der Waals surface area contributed by atoms with Gasteiger partial charge in [0.05, 0.1) is 12.0 Å². The van der Waals surface area contributed by atoms with Gasteiger partial charge in [-0.1, -0.05) is 11.6 Å². The van der Waals surface area contributed by atoms with E-state index >= 15 is 0 Å². The molecule has 0 atom stereocenters. The first-order valence-electron chi connectivity index (χ1n) is 8.21. The minimum atomic E-state index is -3.77. The molecule has 0 unspecified atom stereocenters. The van der Waals surface area contributed by atoms with Crippen molar-refractivity contribution in [1.82, 2.24) is 0 Å². The Hall–Kier alpha value is -3.03. The average molecular weight is 417 g/mol. The minimum Gasteiger partial charge on any atom is -0.497 e. The molecule has 0 aliphatic carbocycles. The van der Waals surface area contributed by atoms with Crippen LogP contribution in [0.15, 0.2) is 77.7 Å². The summed E-state index contributed by atoms with van der Waals surface area (Å²) in [5.41, 5.74) is 1.33. The van der Waals surface area contributed by atoms with Crippen LogP contribution in [0.25, 0.3) is 0 Å². The zero-order chi connectivity index (χ0) is 20.1. The Morgan fingerprint density at radius 2 is 1.43 bits per heavy atom. The second-order valence-electron chi connectivity index (χ2n) is 5.82. The highest BCUT2D eigenvalue weighted by molar-refractivity contribution is 7.92. The fraction of sp³-hybridized carbons (Fsp3) is 0.0500. The second-order valence-corrected chi connectivity index (χ2v) is 7.94. The molecule has 0 fully saturated rings. The maximum Gasteiger partial charge on any atom is 0.261 e. The van der Waals surface area contributed by atoms with E-state index < -0.39 is 10.0 Å². The van der Waals surface area contributed by atoms with E-state index in [9.17, 15) is 13.2 Å². The lowest BCUT2D eigenvalue weighted by atomic mass is 10.2. The van der Waals surface area contributed by atoms with Crippen molar-refractivity contribution in [2.24, 2.45) is 0 Å². The first-order chi connectivity index (χ1) is 13.4. The number of rotatable bonds is 6. The summed E-state index contributed by atoms with van der Waals surface area (Å²) in [4.78, 5) is 12.4. The van der Waals surface area contributed by atoms with Gasteiger partial charge in [0.2, 0.25) is 0 Å². The molecule has 0 radical (unpaired) electrons. The van der Waals surface area contributed by atoms with Gasteiger partial charge < -0.3 is 10.1 Å². The lowest BCUT2D eigenvalue weighted by Crippen LogP contribution is -2.14. The van der Waals surface area contributed by atoms with Gasteiger partial charge in [-0.25, -0.2) is 8.42 Å². The third kappa shape index (κ3) is 4.82. The Bertz CT molecular complexity index is 1060. The molecule has 0 heterocycles. The van der Waals surface area contributed by atoms with Crippen molar-refractivity contribution < 1.29 is 17.9 Å². The number of carbonyl (C=O) groups is 1. The van der Waals surface area contributed by atoms with Gasteiger partial charge in [-0.2, -0.15) is 0 Å². The third-order valence-corrected chi connectivity index (χ3v) is 5.52. The van der Waals surface area contributed by atoms with E-state index in [-0.39, 0.29) is 10.8 Å². The van der Waals surface area contributed by atoms with Crippen molar-refractivity contribution in [1.29, 1.82) is 0 Å². The van der Waals surface area contributed by atoms with Crippen LogP contribution in [-0.4, -0.2) is 21.4 Å². The molecule has 0 saturated carbocycles. The summed E-state index contributed by atoms with van der Waals surface area (Å²) in [5.74, 6) is 0.334. The Balaban J connectivity index is 1.70. The van der Waals surface area contributed by atoms with E-state index in [1.807, 2.05) is 0 Å². The van der Waals surface area contributed by atoms with Crippen LogP contribution in [0.3, 0.4) is 0 Å². The summed E-state index contributed by atoms with van der Waals surface area (Å²) >= 11 is 5.80. The third-order valence-electron chi connectivity index (χ3n) is 3.87. The van der Waals surface area contributed by atoms with Gasteiger partial charge in [-0.15, -0.1) is 0 Å². The smallest absolute Gasteiger partial charge is 0.261 e. The molecule has 28 heavy (non-hydrogen) atoms. The van der Waals surface area contributed by atoms with Gasteiger partial charge in [0, 0.05) is 22.0 Å². The quantitative estimate of drug-likeness (QED) is 0.623. The summed E-state index contributed by atoms with van der Waals surface area (Å²) in [6, 6.07) is 18.9. The van der Waals surface area contributed by atoms with Gasteiger partial charge in [0.15, 0.2) is 0 Å². The minimum absolute atomic E-state index is 0.0449. The number of sulfonamides is 1. The fourth-order valence-corrected chi connectivity index (χ4v) is 3.58. The number of benzene rings is 3. The maximum atomic E-state index is 12.5. The Labute approximate surface area is 168 Å². The van der Waals surface area contributed by atoms with Crippen LogP contribution in [0.1, 0.15) is 10.4 Å². The Morgan fingerprint density at radius 3 is 2.00 bits per heavy atom. The summed E-state index contributed by atoms with van der Waals surface area (Å²) < 4.78 is 32.5. The van der Waals surface area contributed by atoms with Gasteiger partial charge in [-0.3, -0.25) is 9.52 Å². The van der Waals surface area contributed by atoms with Gasteiger partial charge in [0.1, 0.15) is 5.75 Å². The predicted octanol–water partition coefficient (Wildman–Crippen LogP) is 4.40. The number of methoxy groups -OCH3 is 1. The van der Waals surface area contributed by atoms with Gasteiger partial charge >= 0.3 is 0 Å². The molecule has 144 valence electrons. The molecule has 6 nitrogen and oxygen atoms in total. The van der Waals surface area contributed by atoms with Gasteiger partial charge in [0.25, 0.3) is 15.9 Å². The first kappa shape index (κ1) is 19.7. The number of nitrogens with one attached hydrogen (secondary N) is 2. The van der Waals surface area contributed by atoms with E-state index in [0.717, 1.165) is 0 Å². The summed E-state index contributed by atoms with van der Waals surface area (Å²) in [6.07, 6.45) is 0. The molecule has 0 spiro atoms. The SMILES string of the molecule is COc1ccc(NC(=O)c2ccc(S(=O)(=O)Nc3ccc(Cl)cc3)cc2)cc1. The highest BCUT2D eigenvalue weighted by Crippen LogP contribution is 2.20. The largest absolute Gasteiger partial charge is 0.497 e. The van der Waals surface area contributed by atoms with E-state index in [4.69, 9.17) is 16.3 Å². The van der Waals surface area contributed by atoms with Crippen LogP contribution in [0, 0.1) is 0 Å². The highest BCUT2D eigenvalue weighted by Gasteiger charge is 2.15. The van der Waals surface area contributed by atoms with Crippen LogP contribution in [0.5, 0.6) is 5.75 Å². The van der Waals surface area contributed by atoms with Crippen LogP contribution in [0.4, 0.5) is 11.4 Å². The summed E-state index contributed by atoms with van der Waals surface area (Å²) in [5, 5.41) is 3.25. The number of carbonyl (C=O) groups excluding carboxylic acids is 1. The number of ether oxygens (including phenoxy) is 1. The summed E-state index contributed by atoms with van der Waals surface area (Å²) in [6.45, 7) is 0. The van der Waals surface area contributed by atoms with E-state index in [2.05, 4.69) is 10.0 Å². The van der Waals surface area contributed by atoms with Crippen molar-refractivity contribution in [2.45, 2.75) is 4.90 Å². The Morgan fingerprint density at radius 1 is 0.857 bits per heavy atom. The predicted molar refractivity (Wildman–Crippen MR) is 110 cm³/mol. The van der Waals surface area contributed by atoms with Gasteiger partial charge in [-0.05, 0) is 72.8 Å². The van der Waals surface area contributed by atoms with E-state index in [1.165, 1.54) is 24.3 Å². The molecule has 3 aromatic carbocycles. The molecule has 1 amide bonds. The molecular formula is C20H17ClN2O4S. The molecule has 0 bridgehead atoms. The van der Waals surface area contributed by atoms with Crippen molar-refractivity contribution in [3.63, 3.8) is 0 Å². The number of halogens is 1. The molecule has 0 aliphatic heterocycles. The highest BCUT2D eigenvalue weighted by atomic mass is 35.5. The lowest BCUT2D eigenvalue weighted by molar-refractivity contribution is 0.102. The zero-order valence-electron chi connectivity index (χ0n) is 14.8. The molecule has 3 rings (SSSR count). The van der Waals surface area contributed by atoms with Crippen LogP contribution in [0.2, 0.25) is 5.02 Å². The van der Waals surface area contributed by atoms with Crippen LogP contribution in [-0.2, 0) is 10.0 Å². The number of amides is 1. The molecule has 0 aromatic heterocycles. The molecule has 8 heteroatoms. The lowest BCUT2D eigenvalue weighted by Gasteiger charge is -2.09. The number of hydrogen-bond donors (Lipinski definition) is 2. The van der Waals surface area contributed by atoms with E-state index in [1.54, 1.807) is 55.6 Å². The second kappa shape index (κ2) is 8.33. The van der Waals surface area contributed by atoms with Crippen LogP contribution >= 0.6 is 11.6 Å². The molecule has 2 N–H and O–H groups in total. The Kier molecular flexibility index (Phi) is 5.87. The van der Waals surface area contributed by atoms with Crippen LogP contribution < -0.4 is 14.8 Å².